The van der Waals surface area contributed by atoms with Gasteiger partial charge in [-0.25, -0.2) is 0 Å². The van der Waals surface area contributed by atoms with E-state index in [2.05, 4.69) is 24.0 Å². The quantitative estimate of drug-likeness (QED) is 0.792. The molecule has 0 aromatic carbocycles. The van der Waals surface area contributed by atoms with E-state index in [0.717, 1.165) is 29.7 Å². The summed E-state index contributed by atoms with van der Waals surface area (Å²) >= 11 is 0. The molecule has 88 valence electrons. The summed E-state index contributed by atoms with van der Waals surface area (Å²) in [5, 5.41) is 7.42. The Morgan fingerprint density at radius 1 is 1.44 bits per heavy atom. The van der Waals surface area contributed by atoms with Crippen LogP contribution in [0, 0.1) is 5.92 Å². The van der Waals surface area contributed by atoms with Crippen molar-refractivity contribution in [3.63, 3.8) is 0 Å². The van der Waals surface area contributed by atoms with Gasteiger partial charge in [0.2, 0.25) is 0 Å². The maximum Gasteiger partial charge on any atom is 0.153 e. The first-order valence-electron chi connectivity index (χ1n) is 6.24. The summed E-state index contributed by atoms with van der Waals surface area (Å²) in [6.45, 7) is 4.31. The average Bonchev–Trinajstić information content (AvgIpc) is 2.84. The number of aromatic amines is 1. The number of nitrogens with zero attached hydrogens (tertiary/aromatic N) is 1. The second-order valence-electron chi connectivity index (χ2n) is 5.20. The van der Waals surface area contributed by atoms with Crippen LogP contribution in [0.25, 0.3) is 0 Å². The van der Waals surface area contributed by atoms with E-state index in [-0.39, 0.29) is 0 Å². The Bertz CT molecular complexity index is 362. The monoisotopic (exact) mass is 220 g/mol. The van der Waals surface area contributed by atoms with Gasteiger partial charge >= 0.3 is 0 Å². The van der Waals surface area contributed by atoms with E-state index in [1.807, 2.05) is 0 Å². The molecular formula is C13H20N2O. The molecule has 0 unspecified atom stereocenters. The lowest BCUT2D eigenvalue weighted by molar-refractivity contribution is 0.112. The predicted octanol–water partition coefficient (Wildman–Crippen LogP) is 3.08. The number of rotatable bonds is 4. The van der Waals surface area contributed by atoms with Crippen LogP contribution >= 0.6 is 0 Å². The van der Waals surface area contributed by atoms with Crippen LogP contribution in [0.15, 0.2) is 0 Å². The van der Waals surface area contributed by atoms with E-state index >= 15 is 0 Å². The molecule has 0 radical (unpaired) electrons. The fourth-order valence-electron chi connectivity index (χ4n) is 2.61. The smallest absolute Gasteiger partial charge is 0.153 e. The van der Waals surface area contributed by atoms with Crippen molar-refractivity contribution >= 4 is 6.29 Å². The molecule has 3 heteroatoms. The number of nitrogens with one attached hydrogen (secondary N) is 1. The van der Waals surface area contributed by atoms with Crippen LogP contribution in [0.5, 0.6) is 0 Å². The summed E-state index contributed by atoms with van der Waals surface area (Å²) < 4.78 is 0. The van der Waals surface area contributed by atoms with E-state index in [0.29, 0.717) is 11.8 Å². The Hall–Kier alpha value is -1.12. The van der Waals surface area contributed by atoms with E-state index in [4.69, 9.17) is 0 Å². The average molecular weight is 220 g/mol. The van der Waals surface area contributed by atoms with Crippen LogP contribution in [0.2, 0.25) is 0 Å². The number of carbonyl (C=O) groups is 1. The van der Waals surface area contributed by atoms with Crippen LogP contribution in [-0.4, -0.2) is 16.5 Å². The van der Waals surface area contributed by atoms with Gasteiger partial charge in [-0.15, -0.1) is 0 Å². The Kier molecular flexibility index (Phi) is 3.42. The second kappa shape index (κ2) is 4.81. The third-order valence-electron chi connectivity index (χ3n) is 3.38. The molecule has 1 fully saturated rings. The largest absolute Gasteiger partial charge is 0.298 e. The first-order chi connectivity index (χ1) is 7.72. The number of hydrogen-bond donors (Lipinski definition) is 1. The van der Waals surface area contributed by atoms with Gasteiger partial charge in [0.15, 0.2) is 6.29 Å². The molecule has 1 aliphatic rings. The molecule has 0 saturated heterocycles. The minimum Gasteiger partial charge on any atom is -0.298 e. The Labute approximate surface area is 96.6 Å². The summed E-state index contributed by atoms with van der Waals surface area (Å²) in [7, 11) is 0. The van der Waals surface area contributed by atoms with Gasteiger partial charge in [-0.1, -0.05) is 26.7 Å². The van der Waals surface area contributed by atoms with Gasteiger partial charge in [-0.3, -0.25) is 9.89 Å². The minimum absolute atomic E-state index is 0.511. The van der Waals surface area contributed by atoms with Crippen molar-refractivity contribution in [2.45, 2.75) is 51.9 Å². The maximum atomic E-state index is 11.2. The standard InChI is InChI=1S/C13H20N2O/c1-9(2)7-12-11(8-16)13(15-14-12)10-5-3-4-6-10/h8-10H,3-7H2,1-2H3,(H,14,15). The number of H-pyrrole nitrogens is 1. The van der Waals surface area contributed by atoms with Crippen molar-refractivity contribution < 1.29 is 4.79 Å². The van der Waals surface area contributed by atoms with Crippen molar-refractivity contribution in [2.75, 3.05) is 0 Å². The van der Waals surface area contributed by atoms with E-state index in [1.165, 1.54) is 25.7 Å². The third-order valence-corrected chi connectivity index (χ3v) is 3.38. The third kappa shape index (κ3) is 2.18. The zero-order chi connectivity index (χ0) is 11.5. The molecule has 1 aromatic rings. The van der Waals surface area contributed by atoms with Crippen molar-refractivity contribution in [3.8, 4) is 0 Å². The van der Waals surface area contributed by atoms with Crippen LogP contribution in [-0.2, 0) is 6.42 Å². The van der Waals surface area contributed by atoms with Crippen LogP contribution in [0.4, 0.5) is 0 Å². The van der Waals surface area contributed by atoms with Crippen LogP contribution in [0.1, 0.15) is 67.2 Å². The molecule has 0 atom stereocenters. The number of aromatic nitrogens is 2. The number of aldehydes is 1. The van der Waals surface area contributed by atoms with Gasteiger partial charge in [0.25, 0.3) is 0 Å². The van der Waals surface area contributed by atoms with Crippen molar-refractivity contribution in [1.82, 2.24) is 10.2 Å². The SMILES string of the molecule is CC(C)Cc1[nH]nc(C2CCCC2)c1C=O. The van der Waals surface area contributed by atoms with Crippen molar-refractivity contribution in [2.24, 2.45) is 5.92 Å². The minimum atomic E-state index is 0.511. The molecule has 16 heavy (non-hydrogen) atoms. The van der Waals surface area contributed by atoms with E-state index < -0.39 is 0 Å². The lowest BCUT2D eigenvalue weighted by Crippen LogP contribution is -2.01. The van der Waals surface area contributed by atoms with E-state index in [1.54, 1.807) is 0 Å². The summed E-state index contributed by atoms with van der Waals surface area (Å²) in [5.41, 5.74) is 2.87. The lowest BCUT2D eigenvalue weighted by atomic mass is 9.97. The summed E-state index contributed by atoms with van der Waals surface area (Å²) in [6.07, 6.45) is 6.81. The van der Waals surface area contributed by atoms with Gasteiger partial charge in [-0.2, -0.15) is 5.10 Å². The predicted molar refractivity (Wildman–Crippen MR) is 63.7 cm³/mol. The zero-order valence-electron chi connectivity index (χ0n) is 10.1. The highest BCUT2D eigenvalue weighted by Crippen LogP contribution is 2.35. The molecule has 0 amide bonds. The summed E-state index contributed by atoms with van der Waals surface area (Å²) in [4.78, 5) is 11.2. The van der Waals surface area contributed by atoms with E-state index in [9.17, 15) is 4.79 Å². The first-order valence-corrected chi connectivity index (χ1v) is 6.24. The Morgan fingerprint density at radius 2 is 2.12 bits per heavy atom. The molecule has 1 aliphatic carbocycles. The summed E-state index contributed by atoms with van der Waals surface area (Å²) in [5.74, 6) is 1.06. The molecular weight excluding hydrogens is 200 g/mol. The first kappa shape index (κ1) is 11.4. The van der Waals surface area contributed by atoms with Crippen LogP contribution < -0.4 is 0 Å². The molecule has 0 bridgehead atoms. The van der Waals surface area contributed by atoms with Crippen molar-refractivity contribution in [3.05, 3.63) is 17.0 Å². The van der Waals surface area contributed by atoms with Gasteiger partial charge in [0.05, 0.1) is 11.3 Å². The molecule has 2 rings (SSSR count). The highest BCUT2D eigenvalue weighted by molar-refractivity contribution is 5.78. The Morgan fingerprint density at radius 3 is 2.69 bits per heavy atom. The molecule has 1 heterocycles. The second-order valence-corrected chi connectivity index (χ2v) is 5.20. The molecule has 0 spiro atoms. The van der Waals surface area contributed by atoms with Gasteiger partial charge in [-0.05, 0) is 25.2 Å². The fourth-order valence-corrected chi connectivity index (χ4v) is 2.61. The molecule has 1 N–H and O–H groups in total. The molecule has 0 aliphatic heterocycles. The maximum absolute atomic E-state index is 11.2. The molecule has 1 saturated carbocycles. The van der Waals surface area contributed by atoms with Gasteiger partial charge in [0, 0.05) is 11.6 Å². The normalized spacial score (nSPS) is 17.2. The summed E-state index contributed by atoms with van der Waals surface area (Å²) in [6, 6.07) is 0. The molecule has 3 nitrogen and oxygen atoms in total. The van der Waals surface area contributed by atoms with Crippen LogP contribution in [0.3, 0.4) is 0 Å². The number of carbonyl (C=O) groups excluding carboxylic acids is 1. The topological polar surface area (TPSA) is 45.8 Å². The highest BCUT2D eigenvalue weighted by Gasteiger charge is 2.24. The lowest BCUT2D eigenvalue weighted by Gasteiger charge is -2.06. The Balaban J connectivity index is 2.24. The number of hydrogen-bond acceptors (Lipinski definition) is 2. The highest BCUT2D eigenvalue weighted by atomic mass is 16.1. The van der Waals surface area contributed by atoms with Crippen molar-refractivity contribution in [1.29, 1.82) is 0 Å². The van der Waals surface area contributed by atoms with Gasteiger partial charge in [0.1, 0.15) is 0 Å². The van der Waals surface area contributed by atoms with Gasteiger partial charge < -0.3 is 0 Å². The zero-order valence-corrected chi connectivity index (χ0v) is 10.1. The molecule has 1 aromatic heterocycles. The fraction of sp³-hybridized carbons (Fsp3) is 0.692.